The SMILES string of the molecule is O=C1NC(=O)c2c1c1c3cc(F)c(F)cc3n3c1c1c2c2cc(F)c(F)cc2n1C1OC(C3)C(O)C(O)C1O. The molecular formula is C26H15F4N3O6. The fraction of sp³-hybridized carbons (Fsp3) is 0.231. The molecule has 39 heavy (non-hydrogen) atoms. The average molecular weight is 541 g/mol. The Labute approximate surface area is 213 Å². The summed E-state index contributed by atoms with van der Waals surface area (Å²) in [4.78, 5) is 26.3. The molecule has 5 atom stereocenters. The number of aliphatic hydroxyl groups excluding tert-OH is 3. The summed E-state index contributed by atoms with van der Waals surface area (Å²) in [7, 11) is 0. The van der Waals surface area contributed by atoms with E-state index < -0.39 is 65.7 Å². The first-order valence-corrected chi connectivity index (χ1v) is 11.9. The number of hydrogen-bond donors (Lipinski definition) is 4. The lowest BCUT2D eigenvalue weighted by Gasteiger charge is -2.43. The Morgan fingerprint density at radius 2 is 1.28 bits per heavy atom. The van der Waals surface area contributed by atoms with E-state index >= 15 is 0 Å². The molecule has 3 aromatic carbocycles. The van der Waals surface area contributed by atoms with Crippen LogP contribution < -0.4 is 5.32 Å². The molecule has 8 rings (SSSR count). The van der Waals surface area contributed by atoms with Crippen LogP contribution in [0.2, 0.25) is 0 Å². The molecule has 2 aromatic heterocycles. The van der Waals surface area contributed by atoms with Crippen molar-refractivity contribution < 1.29 is 47.2 Å². The molecule has 0 radical (unpaired) electrons. The van der Waals surface area contributed by atoms with Crippen molar-refractivity contribution in [3.8, 4) is 0 Å². The molecule has 0 aliphatic carbocycles. The van der Waals surface area contributed by atoms with Crippen LogP contribution in [-0.4, -0.2) is 60.7 Å². The largest absolute Gasteiger partial charge is 0.388 e. The summed E-state index contributed by atoms with van der Waals surface area (Å²) in [6, 6.07) is 3.44. The minimum atomic E-state index is -1.76. The number of aromatic nitrogens is 2. The van der Waals surface area contributed by atoms with Gasteiger partial charge < -0.3 is 29.2 Å². The highest BCUT2D eigenvalue weighted by molar-refractivity contribution is 6.39. The van der Waals surface area contributed by atoms with Gasteiger partial charge in [-0.15, -0.1) is 0 Å². The molecule has 3 aliphatic rings. The molecule has 5 heterocycles. The smallest absolute Gasteiger partial charge is 0.259 e. The van der Waals surface area contributed by atoms with E-state index in [0.29, 0.717) is 0 Å². The Bertz CT molecular complexity index is 2010. The number of ether oxygens (including phenoxy) is 1. The molecule has 13 heteroatoms. The summed E-state index contributed by atoms with van der Waals surface area (Å²) in [6.07, 6.45) is -7.79. The highest BCUT2D eigenvalue weighted by Crippen LogP contribution is 2.49. The number of rotatable bonds is 0. The molecule has 198 valence electrons. The van der Waals surface area contributed by atoms with Gasteiger partial charge in [0, 0.05) is 33.7 Å². The highest BCUT2D eigenvalue weighted by Gasteiger charge is 2.48. The first-order chi connectivity index (χ1) is 18.6. The van der Waals surface area contributed by atoms with Gasteiger partial charge in [0.05, 0.1) is 39.7 Å². The zero-order valence-corrected chi connectivity index (χ0v) is 19.4. The quantitative estimate of drug-likeness (QED) is 0.176. The third kappa shape index (κ3) is 2.58. The van der Waals surface area contributed by atoms with Gasteiger partial charge in [0.15, 0.2) is 29.5 Å². The maximum atomic E-state index is 14.6. The number of nitrogens with one attached hydrogen (secondary N) is 1. The number of nitrogens with zero attached hydrogens (tertiary/aromatic N) is 2. The number of carbonyl (C=O) groups is 2. The molecule has 3 aliphatic heterocycles. The molecule has 1 fully saturated rings. The van der Waals surface area contributed by atoms with E-state index in [1.54, 1.807) is 0 Å². The number of aliphatic hydroxyl groups is 3. The Hall–Kier alpha value is -4.04. The lowest BCUT2D eigenvalue weighted by atomic mass is 9.95. The molecule has 5 unspecified atom stereocenters. The predicted octanol–water partition coefficient (Wildman–Crippen LogP) is 2.34. The topological polar surface area (TPSA) is 126 Å². The molecular weight excluding hydrogens is 526 g/mol. The van der Waals surface area contributed by atoms with Crippen molar-refractivity contribution in [3.05, 3.63) is 58.7 Å². The van der Waals surface area contributed by atoms with Crippen LogP contribution >= 0.6 is 0 Å². The summed E-state index contributed by atoms with van der Waals surface area (Å²) in [5.74, 6) is -6.61. The minimum Gasteiger partial charge on any atom is -0.388 e. The van der Waals surface area contributed by atoms with Crippen LogP contribution in [0.4, 0.5) is 17.6 Å². The molecule has 9 nitrogen and oxygen atoms in total. The second-order valence-electron chi connectivity index (χ2n) is 10.1. The van der Waals surface area contributed by atoms with Crippen LogP contribution in [0.25, 0.3) is 43.6 Å². The van der Waals surface area contributed by atoms with E-state index in [1.165, 1.54) is 9.13 Å². The monoisotopic (exact) mass is 541 g/mol. The van der Waals surface area contributed by atoms with Gasteiger partial charge in [0.2, 0.25) is 0 Å². The van der Waals surface area contributed by atoms with Crippen molar-refractivity contribution in [1.82, 2.24) is 14.5 Å². The minimum absolute atomic E-state index is 0.00377. The van der Waals surface area contributed by atoms with E-state index in [2.05, 4.69) is 5.32 Å². The normalized spacial score (nSPS) is 26.2. The van der Waals surface area contributed by atoms with Gasteiger partial charge in [0.25, 0.3) is 11.8 Å². The molecule has 2 bridgehead atoms. The van der Waals surface area contributed by atoms with E-state index in [1.807, 2.05) is 0 Å². The van der Waals surface area contributed by atoms with Gasteiger partial charge >= 0.3 is 0 Å². The van der Waals surface area contributed by atoms with Crippen LogP contribution in [0.3, 0.4) is 0 Å². The molecule has 1 saturated heterocycles. The number of imide groups is 1. The van der Waals surface area contributed by atoms with Gasteiger partial charge in [-0.3, -0.25) is 14.9 Å². The number of benzene rings is 3. The summed E-state index contributed by atoms with van der Waals surface area (Å²) in [5.41, 5.74) is -0.0720. The fourth-order valence-corrected chi connectivity index (χ4v) is 6.49. The lowest BCUT2D eigenvalue weighted by Crippen LogP contribution is -2.56. The summed E-state index contributed by atoms with van der Waals surface area (Å²) in [6.45, 7) is -0.250. The summed E-state index contributed by atoms with van der Waals surface area (Å²) >= 11 is 0. The van der Waals surface area contributed by atoms with Crippen LogP contribution in [-0.2, 0) is 11.3 Å². The summed E-state index contributed by atoms with van der Waals surface area (Å²) in [5, 5.41) is 34.8. The zero-order valence-electron chi connectivity index (χ0n) is 19.4. The van der Waals surface area contributed by atoms with Crippen LogP contribution in [0.5, 0.6) is 0 Å². The Balaban J connectivity index is 1.73. The second kappa shape index (κ2) is 7.12. The van der Waals surface area contributed by atoms with Crippen molar-refractivity contribution >= 4 is 55.4 Å². The molecule has 0 saturated carbocycles. The van der Waals surface area contributed by atoms with Crippen LogP contribution in [0, 0.1) is 23.3 Å². The van der Waals surface area contributed by atoms with Gasteiger partial charge in [0.1, 0.15) is 24.4 Å². The number of halogens is 4. The van der Waals surface area contributed by atoms with Crippen molar-refractivity contribution in [3.63, 3.8) is 0 Å². The van der Waals surface area contributed by atoms with E-state index in [9.17, 15) is 42.5 Å². The lowest BCUT2D eigenvalue weighted by molar-refractivity contribution is -0.245. The number of hydrogen-bond acceptors (Lipinski definition) is 6. The van der Waals surface area contributed by atoms with E-state index in [4.69, 9.17) is 4.74 Å². The van der Waals surface area contributed by atoms with E-state index in [0.717, 1.165) is 24.3 Å². The van der Waals surface area contributed by atoms with Crippen molar-refractivity contribution in [2.75, 3.05) is 0 Å². The van der Waals surface area contributed by atoms with Crippen molar-refractivity contribution in [2.45, 2.75) is 37.2 Å². The van der Waals surface area contributed by atoms with Crippen LogP contribution in [0.1, 0.15) is 26.9 Å². The molecule has 4 N–H and O–H groups in total. The molecule has 0 spiro atoms. The van der Waals surface area contributed by atoms with Gasteiger partial charge in [-0.05, 0) is 12.1 Å². The first-order valence-electron chi connectivity index (χ1n) is 11.9. The number of fused-ring (bicyclic) bond motifs is 12. The van der Waals surface area contributed by atoms with Crippen LogP contribution in [0.15, 0.2) is 24.3 Å². The fourth-order valence-electron chi connectivity index (χ4n) is 6.49. The van der Waals surface area contributed by atoms with Gasteiger partial charge in [-0.25, -0.2) is 17.6 Å². The predicted molar refractivity (Wildman–Crippen MR) is 126 cm³/mol. The average Bonchev–Trinajstić information content (AvgIpc) is 3.46. The van der Waals surface area contributed by atoms with Gasteiger partial charge in [-0.2, -0.15) is 0 Å². The maximum Gasteiger partial charge on any atom is 0.259 e. The van der Waals surface area contributed by atoms with E-state index in [-0.39, 0.29) is 61.3 Å². The molecule has 5 aromatic rings. The number of carbonyl (C=O) groups excluding carboxylic acids is 2. The molecule has 2 amide bonds. The third-order valence-corrected chi connectivity index (χ3v) is 8.11. The Morgan fingerprint density at radius 3 is 1.92 bits per heavy atom. The third-order valence-electron chi connectivity index (χ3n) is 8.11. The number of amides is 2. The van der Waals surface area contributed by atoms with Gasteiger partial charge in [-0.1, -0.05) is 0 Å². The highest BCUT2D eigenvalue weighted by atomic mass is 19.2. The van der Waals surface area contributed by atoms with Crippen molar-refractivity contribution in [2.24, 2.45) is 0 Å². The Morgan fingerprint density at radius 1 is 0.744 bits per heavy atom. The Kier molecular flexibility index (Phi) is 4.18. The maximum absolute atomic E-state index is 14.6. The standard InChI is InChI=1S/C26H15F4N3O6/c27-8-1-6-12(3-10(8)29)32-5-14-21(34)22(35)23(36)26(39-14)33-13-4-11(30)9(28)2-7(13)16-18-17(24(37)31-25(18)38)15(6)19(32)20(16)33/h1-4,14,21-23,26,34-36H,5H2,(H,31,37,38). The second-order valence-corrected chi connectivity index (χ2v) is 10.1. The van der Waals surface area contributed by atoms with Crippen molar-refractivity contribution in [1.29, 1.82) is 0 Å². The summed E-state index contributed by atoms with van der Waals surface area (Å²) < 4.78 is 67.1. The zero-order chi connectivity index (χ0) is 27.2. The first kappa shape index (κ1) is 22.9.